The van der Waals surface area contributed by atoms with Gasteiger partial charge in [-0.05, 0) is 42.9 Å². The fourth-order valence-corrected chi connectivity index (χ4v) is 3.07. The van der Waals surface area contributed by atoms with Crippen molar-refractivity contribution in [2.45, 2.75) is 38.5 Å². The van der Waals surface area contributed by atoms with Gasteiger partial charge in [0, 0.05) is 13.1 Å². The van der Waals surface area contributed by atoms with Crippen LogP contribution in [0.1, 0.15) is 38.5 Å². The lowest BCUT2D eigenvalue weighted by Gasteiger charge is -2.48. The average Bonchev–Trinajstić information content (AvgIpc) is 2.66. The van der Waals surface area contributed by atoms with Crippen molar-refractivity contribution in [3.8, 4) is 0 Å². The van der Waals surface area contributed by atoms with E-state index in [1.54, 1.807) is 6.42 Å². The van der Waals surface area contributed by atoms with E-state index in [0.717, 1.165) is 10.8 Å². The molecule has 0 aromatic carbocycles. The topological polar surface area (TPSA) is 12.0 Å². The van der Waals surface area contributed by atoms with Crippen LogP contribution in [0.3, 0.4) is 0 Å². The third-order valence-corrected chi connectivity index (χ3v) is 4.12. The van der Waals surface area contributed by atoms with Crippen molar-refractivity contribution in [1.29, 1.82) is 0 Å². The molecule has 1 heteroatoms. The minimum absolute atomic E-state index is 0.786. The maximum atomic E-state index is 3.63. The second-order valence-electron chi connectivity index (χ2n) is 5.13. The number of nitrogens with one attached hydrogen (secondary N) is 1. The van der Waals surface area contributed by atoms with Gasteiger partial charge in [0.25, 0.3) is 0 Å². The number of piperidine rings is 1. The molecule has 1 saturated heterocycles. The molecule has 11 heavy (non-hydrogen) atoms. The summed E-state index contributed by atoms with van der Waals surface area (Å²) in [6.07, 6.45) is 9.12. The van der Waals surface area contributed by atoms with Crippen LogP contribution in [-0.2, 0) is 0 Å². The van der Waals surface area contributed by atoms with Gasteiger partial charge >= 0.3 is 0 Å². The van der Waals surface area contributed by atoms with E-state index in [1.165, 1.54) is 45.2 Å². The fraction of sp³-hybridized carbons (Fsp3) is 1.00. The van der Waals surface area contributed by atoms with Crippen molar-refractivity contribution in [1.82, 2.24) is 5.32 Å². The highest BCUT2D eigenvalue weighted by molar-refractivity contribution is 5.06. The normalized spacial score (nSPS) is 37.1. The van der Waals surface area contributed by atoms with E-state index in [0.29, 0.717) is 0 Å². The molecule has 0 radical (unpaired) electrons. The summed E-state index contributed by atoms with van der Waals surface area (Å²) >= 11 is 0. The Morgan fingerprint density at radius 3 is 1.91 bits per heavy atom. The fourth-order valence-electron chi connectivity index (χ4n) is 3.07. The Balaban J connectivity index is 1.77. The largest absolute Gasteiger partial charge is 0.316 e. The van der Waals surface area contributed by atoms with E-state index in [-0.39, 0.29) is 0 Å². The van der Waals surface area contributed by atoms with Crippen LogP contribution in [0.25, 0.3) is 0 Å². The van der Waals surface area contributed by atoms with E-state index in [1.807, 2.05) is 0 Å². The molecule has 3 rings (SSSR count). The molecular weight excluding hydrogens is 134 g/mol. The molecule has 2 aliphatic carbocycles. The third-order valence-electron chi connectivity index (χ3n) is 4.12. The molecule has 2 saturated carbocycles. The number of hydrogen-bond donors (Lipinski definition) is 1. The predicted molar refractivity (Wildman–Crippen MR) is 45.4 cm³/mol. The maximum absolute atomic E-state index is 3.63. The first-order valence-electron chi connectivity index (χ1n) is 5.04. The van der Waals surface area contributed by atoms with Gasteiger partial charge in [-0.1, -0.05) is 6.42 Å². The van der Waals surface area contributed by atoms with Crippen molar-refractivity contribution < 1.29 is 0 Å². The summed E-state index contributed by atoms with van der Waals surface area (Å²) in [5, 5.41) is 3.63. The van der Waals surface area contributed by atoms with E-state index in [9.17, 15) is 0 Å². The Morgan fingerprint density at radius 1 is 0.818 bits per heavy atom. The maximum Gasteiger partial charge on any atom is 0.000826 e. The van der Waals surface area contributed by atoms with Crippen LogP contribution in [0.2, 0.25) is 0 Å². The van der Waals surface area contributed by atoms with E-state index in [2.05, 4.69) is 5.32 Å². The van der Waals surface area contributed by atoms with Crippen molar-refractivity contribution in [3.63, 3.8) is 0 Å². The third kappa shape index (κ3) is 0.868. The molecule has 0 aromatic rings. The Morgan fingerprint density at radius 2 is 1.45 bits per heavy atom. The average molecular weight is 151 g/mol. The lowest BCUT2D eigenvalue weighted by Crippen LogP contribution is -2.49. The smallest absolute Gasteiger partial charge is 0.000826 e. The zero-order valence-corrected chi connectivity index (χ0v) is 7.16. The van der Waals surface area contributed by atoms with Crippen LogP contribution < -0.4 is 5.32 Å². The summed E-state index contributed by atoms with van der Waals surface area (Å²) in [6, 6.07) is 0. The lowest BCUT2D eigenvalue weighted by atomic mass is 9.62. The van der Waals surface area contributed by atoms with Gasteiger partial charge in [-0.2, -0.15) is 0 Å². The van der Waals surface area contributed by atoms with Crippen molar-refractivity contribution >= 4 is 0 Å². The van der Waals surface area contributed by atoms with E-state index < -0.39 is 0 Å². The molecule has 1 nitrogen and oxygen atoms in total. The van der Waals surface area contributed by atoms with Gasteiger partial charge in [0.1, 0.15) is 0 Å². The van der Waals surface area contributed by atoms with Crippen LogP contribution >= 0.6 is 0 Å². The first-order chi connectivity index (χ1) is 5.33. The van der Waals surface area contributed by atoms with Gasteiger partial charge in [0.2, 0.25) is 0 Å². The minimum Gasteiger partial charge on any atom is -0.316 e. The molecule has 3 fully saturated rings. The van der Waals surface area contributed by atoms with Gasteiger partial charge in [-0.15, -0.1) is 0 Å². The molecule has 2 spiro atoms. The van der Waals surface area contributed by atoms with E-state index >= 15 is 0 Å². The number of hydrogen-bond acceptors (Lipinski definition) is 1. The second-order valence-corrected chi connectivity index (χ2v) is 5.13. The van der Waals surface area contributed by atoms with Gasteiger partial charge < -0.3 is 5.32 Å². The quantitative estimate of drug-likeness (QED) is 0.558. The zero-order valence-electron chi connectivity index (χ0n) is 7.16. The molecule has 1 heterocycles. The SMILES string of the molecule is C1CC2(C1)CNCC1(CC1)C2. The van der Waals surface area contributed by atoms with Crippen molar-refractivity contribution in [2.24, 2.45) is 10.8 Å². The highest BCUT2D eigenvalue weighted by Crippen LogP contribution is 2.60. The molecular formula is C10H17N. The van der Waals surface area contributed by atoms with Crippen LogP contribution in [-0.4, -0.2) is 13.1 Å². The van der Waals surface area contributed by atoms with E-state index in [4.69, 9.17) is 0 Å². The Kier molecular flexibility index (Phi) is 1.07. The zero-order chi connectivity index (χ0) is 7.36. The summed E-state index contributed by atoms with van der Waals surface area (Å²) in [7, 11) is 0. The highest BCUT2D eigenvalue weighted by Gasteiger charge is 2.53. The lowest BCUT2D eigenvalue weighted by molar-refractivity contribution is 0.0541. The van der Waals surface area contributed by atoms with Crippen LogP contribution in [0.15, 0.2) is 0 Å². The summed E-state index contributed by atoms with van der Waals surface area (Å²) in [5.74, 6) is 0. The second kappa shape index (κ2) is 1.82. The molecule has 1 N–H and O–H groups in total. The Hall–Kier alpha value is -0.0400. The summed E-state index contributed by atoms with van der Waals surface area (Å²) in [5.41, 5.74) is 1.59. The Labute approximate surface area is 68.6 Å². The summed E-state index contributed by atoms with van der Waals surface area (Å²) < 4.78 is 0. The van der Waals surface area contributed by atoms with Gasteiger partial charge in [-0.3, -0.25) is 0 Å². The Bertz CT molecular complexity index is 177. The highest BCUT2D eigenvalue weighted by atomic mass is 14.9. The summed E-state index contributed by atoms with van der Waals surface area (Å²) in [6.45, 7) is 2.66. The first-order valence-corrected chi connectivity index (χ1v) is 5.04. The standard InChI is InChI=1S/C10H17N/c1-2-9(3-1)6-10(4-5-10)8-11-7-9/h11H,1-8H2. The van der Waals surface area contributed by atoms with Crippen molar-refractivity contribution in [2.75, 3.05) is 13.1 Å². The molecule has 62 valence electrons. The molecule has 0 aromatic heterocycles. The van der Waals surface area contributed by atoms with Gasteiger partial charge in [0.15, 0.2) is 0 Å². The molecule has 0 amide bonds. The van der Waals surface area contributed by atoms with Gasteiger partial charge in [-0.25, -0.2) is 0 Å². The van der Waals surface area contributed by atoms with Crippen LogP contribution in [0.4, 0.5) is 0 Å². The van der Waals surface area contributed by atoms with Crippen LogP contribution in [0.5, 0.6) is 0 Å². The molecule has 3 aliphatic rings. The monoisotopic (exact) mass is 151 g/mol. The first kappa shape index (κ1) is 6.47. The molecule has 0 atom stereocenters. The summed E-state index contributed by atoms with van der Waals surface area (Å²) in [4.78, 5) is 0. The van der Waals surface area contributed by atoms with Crippen LogP contribution in [0, 0.1) is 10.8 Å². The molecule has 0 unspecified atom stereocenters. The molecule has 1 aliphatic heterocycles. The number of rotatable bonds is 0. The predicted octanol–water partition coefficient (Wildman–Crippen LogP) is 1.93. The molecule has 0 bridgehead atoms. The van der Waals surface area contributed by atoms with Crippen molar-refractivity contribution in [3.05, 3.63) is 0 Å². The minimum atomic E-state index is 0.786. The van der Waals surface area contributed by atoms with Gasteiger partial charge in [0.05, 0.1) is 0 Å².